The van der Waals surface area contributed by atoms with E-state index in [1.54, 1.807) is 11.8 Å². The predicted octanol–water partition coefficient (Wildman–Crippen LogP) is -0.817. The Morgan fingerprint density at radius 2 is 1.89 bits per heavy atom. The summed E-state index contributed by atoms with van der Waals surface area (Å²) >= 11 is 0. The van der Waals surface area contributed by atoms with Crippen LogP contribution in [0.15, 0.2) is 0 Å². The van der Waals surface area contributed by atoms with E-state index < -0.39 is 12.0 Å². The number of rotatable bonds is 4. The van der Waals surface area contributed by atoms with Crippen LogP contribution in [-0.4, -0.2) is 66.5 Å². The first-order valence-electron chi connectivity index (χ1n) is 6.58. The predicted molar refractivity (Wildman–Crippen MR) is 65.8 cm³/mol. The second-order valence-corrected chi connectivity index (χ2v) is 4.82. The summed E-state index contributed by atoms with van der Waals surface area (Å²) in [6, 6.07) is -0.446. The molecule has 18 heavy (non-hydrogen) atoms. The van der Waals surface area contributed by atoms with Crippen LogP contribution >= 0.6 is 0 Å². The average molecular weight is 255 g/mol. The second-order valence-electron chi connectivity index (χ2n) is 4.82. The van der Waals surface area contributed by atoms with E-state index in [0.29, 0.717) is 13.1 Å². The normalized spacial score (nSPS) is 22.7. The number of nitrogens with two attached hydrogens (primary N) is 1. The van der Waals surface area contributed by atoms with Gasteiger partial charge in [0.15, 0.2) is 6.04 Å². The zero-order chi connectivity index (χ0) is 13.1. The summed E-state index contributed by atoms with van der Waals surface area (Å²) in [4.78, 5) is 27.5. The summed E-state index contributed by atoms with van der Waals surface area (Å²) in [6.07, 6.45) is 2.55. The van der Waals surface area contributed by atoms with Crippen molar-refractivity contribution in [1.82, 2.24) is 9.80 Å². The molecule has 2 fully saturated rings. The van der Waals surface area contributed by atoms with Gasteiger partial charge in [-0.3, -0.25) is 9.69 Å². The Balaban J connectivity index is 1.80. The molecular formula is C12H21N3O3. The molecule has 1 aliphatic heterocycles. The van der Waals surface area contributed by atoms with Crippen LogP contribution in [0.4, 0.5) is 0 Å². The standard InChI is InChI=1S/C12H21N3O3/c1-2-18-12(17)10(13)11(16)15-7-5-14(6-8-15)9-3-4-9/h9-10H,2-8,13H2,1H3. The molecule has 6 nitrogen and oxygen atoms in total. The van der Waals surface area contributed by atoms with E-state index in [9.17, 15) is 9.59 Å². The van der Waals surface area contributed by atoms with Gasteiger partial charge in [0.05, 0.1) is 6.61 Å². The van der Waals surface area contributed by atoms with E-state index in [1.807, 2.05) is 0 Å². The van der Waals surface area contributed by atoms with Gasteiger partial charge in [-0.1, -0.05) is 0 Å². The zero-order valence-corrected chi connectivity index (χ0v) is 10.8. The number of carbonyl (C=O) groups is 2. The van der Waals surface area contributed by atoms with Crippen molar-refractivity contribution in [1.29, 1.82) is 0 Å². The van der Waals surface area contributed by atoms with Gasteiger partial charge in [-0.05, 0) is 19.8 Å². The van der Waals surface area contributed by atoms with Gasteiger partial charge in [-0.2, -0.15) is 0 Å². The molecule has 1 unspecified atom stereocenters. The Bertz CT molecular complexity index is 323. The molecule has 1 atom stereocenters. The van der Waals surface area contributed by atoms with Crippen molar-refractivity contribution in [3.63, 3.8) is 0 Å². The minimum Gasteiger partial charge on any atom is -0.464 e. The Morgan fingerprint density at radius 3 is 2.39 bits per heavy atom. The molecule has 0 aromatic rings. The number of hydrogen-bond donors (Lipinski definition) is 1. The van der Waals surface area contributed by atoms with Crippen molar-refractivity contribution in [2.75, 3.05) is 32.8 Å². The molecule has 1 aliphatic carbocycles. The number of ether oxygens (including phenoxy) is 1. The quantitative estimate of drug-likeness (QED) is 0.525. The lowest BCUT2D eigenvalue weighted by Crippen LogP contribution is -2.55. The molecule has 1 heterocycles. The lowest BCUT2D eigenvalue weighted by atomic mass is 10.2. The van der Waals surface area contributed by atoms with Crippen molar-refractivity contribution in [2.24, 2.45) is 5.73 Å². The van der Waals surface area contributed by atoms with E-state index >= 15 is 0 Å². The Labute approximate surface area is 107 Å². The minimum atomic E-state index is -1.17. The molecule has 0 aromatic heterocycles. The van der Waals surface area contributed by atoms with Crippen molar-refractivity contribution in [3.05, 3.63) is 0 Å². The maximum absolute atomic E-state index is 12.0. The molecule has 0 aromatic carbocycles. The summed E-state index contributed by atoms with van der Waals surface area (Å²) in [7, 11) is 0. The van der Waals surface area contributed by atoms with Crippen molar-refractivity contribution < 1.29 is 14.3 Å². The van der Waals surface area contributed by atoms with Crippen LogP contribution in [0.5, 0.6) is 0 Å². The third-order valence-electron chi connectivity index (χ3n) is 3.50. The fourth-order valence-corrected chi connectivity index (χ4v) is 2.28. The van der Waals surface area contributed by atoms with Gasteiger partial charge in [0.1, 0.15) is 0 Å². The zero-order valence-electron chi connectivity index (χ0n) is 10.8. The second kappa shape index (κ2) is 5.67. The van der Waals surface area contributed by atoms with E-state index in [1.165, 1.54) is 12.8 Å². The molecule has 2 aliphatic rings. The largest absolute Gasteiger partial charge is 0.464 e. The highest BCUT2D eigenvalue weighted by Gasteiger charge is 2.34. The first-order valence-corrected chi connectivity index (χ1v) is 6.58. The molecule has 102 valence electrons. The van der Waals surface area contributed by atoms with Crippen LogP contribution in [0.2, 0.25) is 0 Å². The summed E-state index contributed by atoms with van der Waals surface area (Å²) in [5.74, 6) is -0.948. The van der Waals surface area contributed by atoms with E-state index in [2.05, 4.69) is 4.90 Å². The molecule has 0 radical (unpaired) electrons. The monoisotopic (exact) mass is 255 g/mol. The third kappa shape index (κ3) is 3.00. The first-order chi connectivity index (χ1) is 8.63. The lowest BCUT2D eigenvalue weighted by Gasteiger charge is -2.35. The van der Waals surface area contributed by atoms with E-state index in [0.717, 1.165) is 19.1 Å². The average Bonchev–Trinajstić information content (AvgIpc) is 3.22. The topological polar surface area (TPSA) is 75.9 Å². The molecule has 0 bridgehead atoms. The fraction of sp³-hybridized carbons (Fsp3) is 0.833. The highest BCUT2D eigenvalue weighted by atomic mass is 16.5. The SMILES string of the molecule is CCOC(=O)C(N)C(=O)N1CCN(C2CC2)CC1. The van der Waals surface area contributed by atoms with Gasteiger partial charge in [0, 0.05) is 32.2 Å². The highest BCUT2D eigenvalue weighted by molar-refractivity contribution is 6.01. The van der Waals surface area contributed by atoms with Gasteiger partial charge in [-0.15, -0.1) is 0 Å². The molecule has 0 spiro atoms. The van der Waals surface area contributed by atoms with Crippen molar-refractivity contribution >= 4 is 11.9 Å². The van der Waals surface area contributed by atoms with E-state index in [4.69, 9.17) is 10.5 Å². The number of esters is 1. The van der Waals surface area contributed by atoms with Crippen LogP contribution in [0.25, 0.3) is 0 Å². The van der Waals surface area contributed by atoms with Gasteiger partial charge >= 0.3 is 5.97 Å². The van der Waals surface area contributed by atoms with Crippen molar-refractivity contribution in [2.45, 2.75) is 31.8 Å². The van der Waals surface area contributed by atoms with Crippen molar-refractivity contribution in [3.8, 4) is 0 Å². The minimum absolute atomic E-state index is 0.245. The molecule has 1 saturated heterocycles. The summed E-state index contributed by atoms with van der Waals surface area (Å²) in [5, 5.41) is 0. The lowest BCUT2D eigenvalue weighted by molar-refractivity contribution is -0.151. The number of amides is 1. The molecule has 2 N–H and O–H groups in total. The van der Waals surface area contributed by atoms with Gasteiger partial charge in [0.25, 0.3) is 5.91 Å². The van der Waals surface area contributed by atoms with Crippen LogP contribution in [0.3, 0.4) is 0 Å². The number of hydrogen-bond acceptors (Lipinski definition) is 5. The van der Waals surface area contributed by atoms with Crippen LogP contribution < -0.4 is 5.73 Å². The maximum Gasteiger partial charge on any atom is 0.332 e. The summed E-state index contributed by atoms with van der Waals surface area (Å²) in [6.45, 7) is 5.02. The third-order valence-corrected chi connectivity index (χ3v) is 3.50. The van der Waals surface area contributed by atoms with E-state index in [-0.39, 0.29) is 12.5 Å². The maximum atomic E-state index is 12.0. The molecule has 6 heteroatoms. The smallest absolute Gasteiger partial charge is 0.332 e. The molecule has 2 rings (SSSR count). The molecule has 1 saturated carbocycles. The molecule has 1 amide bonds. The summed E-state index contributed by atoms with van der Waals surface area (Å²) < 4.78 is 4.76. The van der Waals surface area contributed by atoms with Crippen LogP contribution in [0.1, 0.15) is 19.8 Å². The molecular weight excluding hydrogens is 234 g/mol. The highest BCUT2D eigenvalue weighted by Crippen LogP contribution is 2.27. The van der Waals surface area contributed by atoms with Crippen LogP contribution in [-0.2, 0) is 14.3 Å². The van der Waals surface area contributed by atoms with Gasteiger partial charge in [-0.25, -0.2) is 4.79 Å². The Hall–Kier alpha value is -1.14. The Kier molecular flexibility index (Phi) is 4.19. The van der Waals surface area contributed by atoms with Gasteiger partial charge < -0.3 is 15.4 Å². The van der Waals surface area contributed by atoms with Crippen LogP contribution in [0, 0.1) is 0 Å². The first kappa shape index (κ1) is 13.3. The Morgan fingerprint density at radius 1 is 1.28 bits per heavy atom. The number of carbonyl (C=O) groups excluding carboxylic acids is 2. The number of nitrogens with zero attached hydrogens (tertiary/aromatic N) is 2. The van der Waals surface area contributed by atoms with Gasteiger partial charge in [0.2, 0.25) is 0 Å². The summed E-state index contributed by atoms with van der Waals surface area (Å²) in [5.41, 5.74) is 5.61. The fourth-order valence-electron chi connectivity index (χ4n) is 2.28. The number of piperazine rings is 1.